The number of aliphatic imine (C=N–C) groups is 4. The highest BCUT2D eigenvalue weighted by atomic mass is 79.9. The van der Waals surface area contributed by atoms with E-state index in [1.165, 1.54) is 0 Å². The molecule has 8 bridgehead atoms. The number of halogens is 4. The molecule has 0 saturated heterocycles. The lowest BCUT2D eigenvalue weighted by atomic mass is 10.0. The first kappa shape index (κ1) is 33.0. The van der Waals surface area contributed by atoms with Crippen molar-refractivity contribution >= 4 is 109 Å². The summed E-state index contributed by atoms with van der Waals surface area (Å²) in [7, 11) is 0. The van der Waals surface area contributed by atoms with Gasteiger partial charge in [-0.2, -0.15) is 0 Å². The van der Waals surface area contributed by atoms with Crippen LogP contribution >= 0.6 is 63.7 Å². The molecule has 5 aliphatic rings. The summed E-state index contributed by atoms with van der Waals surface area (Å²) in [6.45, 7) is 0. The first-order valence-electron chi connectivity index (χ1n) is 15.9. The molecule has 248 valence electrons. The van der Waals surface area contributed by atoms with Crippen molar-refractivity contribution in [2.45, 2.75) is 0 Å². The number of allylic oxidation sites excluding steroid dienone is 12. The molecule has 0 amide bonds. The van der Waals surface area contributed by atoms with E-state index in [0.717, 1.165) is 63.0 Å². The van der Waals surface area contributed by atoms with Crippen molar-refractivity contribution in [3.05, 3.63) is 185 Å². The highest BCUT2D eigenvalue weighted by Gasteiger charge is 2.28. The van der Waals surface area contributed by atoms with E-state index in [9.17, 15) is 0 Å². The van der Waals surface area contributed by atoms with Gasteiger partial charge in [0.25, 0.3) is 0 Å². The van der Waals surface area contributed by atoms with Crippen molar-refractivity contribution < 1.29 is 0 Å². The van der Waals surface area contributed by atoms with Gasteiger partial charge in [0.05, 0.1) is 90.7 Å². The third-order valence-electron chi connectivity index (χ3n) is 8.54. The quantitative estimate of drug-likeness (QED) is 0.203. The maximum atomic E-state index is 5.23. The van der Waals surface area contributed by atoms with Gasteiger partial charge in [0.2, 0.25) is 0 Å². The predicted molar refractivity (Wildman–Crippen MR) is 222 cm³/mol. The molecule has 0 spiro atoms. The van der Waals surface area contributed by atoms with Crippen molar-refractivity contribution in [1.29, 1.82) is 0 Å². The number of pyridine rings is 4. The van der Waals surface area contributed by atoms with Gasteiger partial charge in [-0.25, -0.2) is 20.0 Å². The van der Waals surface area contributed by atoms with E-state index in [1.54, 1.807) is 24.8 Å². The summed E-state index contributed by atoms with van der Waals surface area (Å²) in [5.41, 5.74) is 11.8. The zero-order valence-corrected chi connectivity index (χ0v) is 33.0. The first-order chi connectivity index (χ1) is 25.4. The van der Waals surface area contributed by atoms with Crippen LogP contribution in [0.5, 0.6) is 0 Å². The second-order valence-corrected chi connectivity index (χ2v) is 15.5. The first-order valence-corrected chi connectivity index (χ1v) is 19.1. The maximum absolute atomic E-state index is 5.23. The SMILES string of the molecule is Brc1ccc(C2=C3C=CC(=N3)C(c3ccc(Br)cn3)=C3C=CC(=N3)C(c3ccc(Br)cn3)=C3C=CC(=N3)C(c3ccc(Br)cn3)=C3C=CC2=N3)nc1. The van der Waals surface area contributed by atoms with Gasteiger partial charge in [-0.3, -0.25) is 19.9 Å². The van der Waals surface area contributed by atoms with Crippen molar-refractivity contribution in [1.82, 2.24) is 19.9 Å². The maximum Gasteiger partial charge on any atom is 0.0753 e. The summed E-state index contributed by atoms with van der Waals surface area (Å²) in [6.07, 6.45) is 23.1. The van der Waals surface area contributed by atoms with Crippen LogP contribution in [0.1, 0.15) is 22.8 Å². The molecular weight excluding hydrogens is 912 g/mol. The fourth-order valence-electron chi connectivity index (χ4n) is 6.23. The minimum absolute atomic E-state index is 0.714. The van der Waals surface area contributed by atoms with Crippen LogP contribution in [0.25, 0.3) is 22.3 Å². The highest BCUT2D eigenvalue weighted by molar-refractivity contribution is 9.11. The van der Waals surface area contributed by atoms with Crippen LogP contribution in [0.15, 0.2) is 183 Å². The van der Waals surface area contributed by atoms with E-state index in [2.05, 4.69) is 63.7 Å². The Morgan fingerprint density at radius 1 is 0.288 bits per heavy atom. The molecule has 5 aliphatic heterocycles. The van der Waals surface area contributed by atoms with Crippen molar-refractivity contribution in [2.24, 2.45) is 20.0 Å². The molecular formula is C40H20Br4N8. The van der Waals surface area contributed by atoms with Crippen LogP contribution in [0, 0.1) is 0 Å². The molecule has 9 heterocycles. The predicted octanol–water partition coefficient (Wildman–Crippen LogP) is 10.3. The second kappa shape index (κ2) is 13.6. The summed E-state index contributed by atoms with van der Waals surface area (Å²) in [5.74, 6) is 0. The van der Waals surface area contributed by atoms with Crippen LogP contribution in [-0.4, -0.2) is 42.8 Å². The summed E-state index contributed by atoms with van der Waals surface area (Å²) in [4.78, 5) is 40.1. The number of fused-ring (bicyclic) bond motifs is 4. The zero-order chi connectivity index (χ0) is 35.3. The van der Waals surface area contributed by atoms with E-state index >= 15 is 0 Å². The number of nitrogens with zero attached hydrogens (tertiary/aromatic N) is 8. The average Bonchev–Trinajstić information content (AvgIpc) is 3.99. The lowest BCUT2D eigenvalue weighted by Gasteiger charge is -2.11. The Kier molecular flexibility index (Phi) is 8.62. The Hall–Kier alpha value is -4.88. The van der Waals surface area contributed by atoms with E-state index in [-0.39, 0.29) is 0 Å². The van der Waals surface area contributed by atoms with Crippen LogP contribution in [0.4, 0.5) is 0 Å². The molecule has 12 heteroatoms. The van der Waals surface area contributed by atoms with Gasteiger partial charge >= 0.3 is 0 Å². The molecule has 0 fully saturated rings. The second-order valence-electron chi connectivity index (χ2n) is 11.8. The Morgan fingerprint density at radius 2 is 0.519 bits per heavy atom. The highest BCUT2D eigenvalue weighted by Crippen LogP contribution is 2.38. The number of hydrogen-bond acceptors (Lipinski definition) is 8. The van der Waals surface area contributed by atoms with Crippen LogP contribution in [0.2, 0.25) is 0 Å². The van der Waals surface area contributed by atoms with Gasteiger partial charge in [0.15, 0.2) is 0 Å². The van der Waals surface area contributed by atoms with Gasteiger partial charge in [-0.05, 0) is 161 Å². The number of aromatic nitrogens is 4. The Balaban J connectivity index is 1.36. The lowest BCUT2D eigenvalue weighted by molar-refractivity contribution is 1.25. The summed E-state index contributed by atoms with van der Waals surface area (Å²) < 4.78 is 3.49. The molecule has 0 aromatic carbocycles. The zero-order valence-electron chi connectivity index (χ0n) is 26.6. The van der Waals surface area contributed by atoms with E-state index < -0.39 is 0 Å². The Morgan fingerprint density at radius 3 is 0.712 bits per heavy atom. The van der Waals surface area contributed by atoms with E-state index in [0.29, 0.717) is 45.6 Å². The smallest absolute Gasteiger partial charge is 0.0753 e. The fourth-order valence-corrected chi connectivity index (χ4v) is 7.17. The van der Waals surface area contributed by atoms with Gasteiger partial charge in [-0.15, -0.1) is 0 Å². The number of hydrogen-bond donors (Lipinski definition) is 0. The van der Waals surface area contributed by atoms with Crippen LogP contribution in [0.3, 0.4) is 0 Å². The molecule has 9 rings (SSSR count). The Labute approximate surface area is 331 Å². The molecule has 4 aromatic rings. The average molecular weight is 932 g/mol. The molecule has 0 saturated carbocycles. The minimum atomic E-state index is 0.714. The minimum Gasteiger partial charge on any atom is -0.255 e. The standard InChI is InChI=1S/C40H20Br4N8/c41-21-1-5-25(45-17-21)37-29-9-11-31(49-29)38(26-6-2-22(42)18-46-26)33-13-15-35(51-33)40(28-8-4-24(44)20-48-28)36-16-14-34(52-36)39(32-12-10-30(37)50-32)27-7-3-23(43)19-47-27/h1-20H. The van der Waals surface area contributed by atoms with Crippen LogP contribution < -0.4 is 0 Å². The molecule has 4 aromatic heterocycles. The summed E-state index contributed by atoms with van der Waals surface area (Å²) >= 11 is 14.2. The molecule has 0 unspecified atom stereocenters. The van der Waals surface area contributed by atoms with Gasteiger partial charge in [0.1, 0.15) is 0 Å². The monoisotopic (exact) mass is 928 g/mol. The third kappa shape index (κ3) is 6.19. The molecule has 0 aliphatic carbocycles. The van der Waals surface area contributed by atoms with Crippen molar-refractivity contribution in [2.75, 3.05) is 0 Å². The lowest BCUT2D eigenvalue weighted by Crippen LogP contribution is -2.05. The Bertz CT molecular complexity index is 2230. The van der Waals surface area contributed by atoms with Crippen molar-refractivity contribution in [3.8, 4) is 0 Å². The third-order valence-corrected chi connectivity index (χ3v) is 10.4. The molecule has 8 nitrogen and oxygen atoms in total. The molecule has 0 N–H and O–H groups in total. The van der Waals surface area contributed by atoms with E-state index in [4.69, 9.17) is 39.9 Å². The van der Waals surface area contributed by atoms with Gasteiger partial charge in [0, 0.05) is 42.7 Å². The van der Waals surface area contributed by atoms with Crippen molar-refractivity contribution in [3.63, 3.8) is 0 Å². The summed E-state index contributed by atoms with van der Waals surface area (Å²) in [6, 6.07) is 15.7. The van der Waals surface area contributed by atoms with E-state index in [1.807, 2.05) is 97.1 Å². The van der Waals surface area contributed by atoms with Gasteiger partial charge in [-0.1, -0.05) is 0 Å². The molecule has 0 atom stereocenters. The topological polar surface area (TPSA) is 101 Å². The largest absolute Gasteiger partial charge is 0.255 e. The van der Waals surface area contributed by atoms with Gasteiger partial charge < -0.3 is 0 Å². The summed E-state index contributed by atoms with van der Waals surface area (Å²) in [5, 5.41) is 0. The molecule has 52 heavy (non-hydrogen) atoms. The number of rotatable bonds is 4. The van der Waals surface area contributed by atoms with Crippen LogP contribution in [-0.2, 0) is 0 Å². The fraction of sp³-hybridized carbons (Fsp3) is 0. The normalized spacial score (nSPS) is 17.5. The molecule has 0 radical (unpaired) electrons.